The van der Waals surface area contributed by atoms with E-state index in [1.807, 2.05) is 24.3 Å². The monoisotopic (exact) mass is 329 g/mol. The van der Waals surface area contributed by atoms with Gasteiger partial charge < -0.3 is 9.64 Å². The lowest BCUT2D eigenvalue weighted by Gasteiger charge is -2.43. The van der Waals surface area contributed by atoms with Gasteiger partial charge in [-0.15, -0.1) is 0 Å². The average Bonchev–Trinajstić information content (AvgIpc) is 2.68. The van der Waals surface area contributed by atoms with Crippen molar-refractivity contribution in [3.63, 3.8) is 0 Å². The molecule has 2 heterocycles. The van der Waals surface area contributed by atoms with E-state index in [0.717, 1.165) is 22.4 Å². The van der Waals surface area contributed by atoms with E-state index >= 15 is 0 Å². The zero-order chi connectivity index (χ0) is 16.8. The zero-order valence-corrected chi connectivity index (χ0v) is 13.5. The Balaban J connectivity index is 1.67. The minimum Gasteiger partial charge on any atom is -0.341 e. The molecule has 0 fully saturated rings. The van der Waals surface area contributed by atoms with Gasteiger partial charge in [0.25, 0.3) is 0 Å². The Morgan fingerprint density at radius 2 is 1.52 bits per heavy atom. The van der Waals surface area contributed by atoms with Crippen LogP contribution in [0.5, 0.6) is 0 Å². The largest absolute Gasteiger partial charge is 0.341 e. The van der Waals surface area contributed by atoms with Crippen molar-refractivity contribution in [3.05, 3.63) is 107 Å². The molecule has 2 atom stereocenters. The van der Waals surface area contributed by atoms with Gasteiger partial charge in [0.2, 0.25) is 0 Å². The number of nitrogens with zero attached hydrogens (tertiary/aromatic N) is 1. The molecule has 2 nitrogen and oxygen atoms in total. The predicted molar refractivity (Wildman–Crippen MR) is 96.5 cm³/mol. The molecule has 0 saturated heterocycles. The highest BCUT2D eigenvalue weighted by atomic mass is 19.1. The molecule has 122 valence electrons. The second kappa shape index (κ2) is 5.57. The molecule has 0 radical (unpaired) electrons. The first-order valence-electron chi connectivity index (χ1n) is 8.36. The number of hydrogen-bond acceptors (Lipinski definition) is 2. The number of rotatable bonds is 1. The van der Waals surface area contributed by atoms with E-state index in [0.29, 0.717) is 0 Å². The highest BCUT2D eigenvalue weighted by Gasteiger charge is 2.36. The average molecular weight is 329 g/mol. The molecule has 5 rings (SSSR count). The van der Waals surface area contributed by atoms with Gasteiger partial charge in [0.1, 0.15) is 11.9 Å². The van der Waals surface area contributed by atoms with Gasteiger partial charge >= 0.3 is 0 Å². The number of halogens is 1. The molecule has 2 aliphatic heterocycles. The number of anilines is 1. The van der Waals surface area contributed by atoms with E-state index in [9.17, 15) is 4.39 Å². The third kappa shape index (κ3) is 2.28. The molecule has 2 aliphatic rings. The molecule has 0 bridgehead atoms. The van der Waals surface area contributed by atoms with E-state index in [-0.39, 0.29) is 18.1 Å². The lowest BCUT2D eigenvalue weighted by atomic mass is 9.94. The SMILES string of the molecule is Fc1ccc(C2OC3c4ccccc4C=CN3c3ccccc32)cc1. The molecule has 0 aromatic heterocycles. The van der Waals surface area contributed by atoms with Gasteiger partial charge in [-0.05, 0) is 35.4 Å². The van der Waals surface area contributed by atoms with Crippen molar-refractivity contribution in [3.8, 4) is 0 Å². The second-order valence-corrected chi connectivity index (χ2v) is 6.33. The van der Waals surface area contributed by atoms with Gasteiger partial charge in [0.15, 0.2) is 6.23 Å². The Morgan fingerprint density at radius 1 is 0.800 bits per heavy atom. The summed E-state index contributed by atoms with van der Waals surface area (Å²) in [5.74, 6) is -0.236. The summed E-state index contributed by atoms with van der Waals surface area (Å²) in [7, 11) is 0. The zero-order valence-electron chi connectivity index (χ0n) is 13.5. The lowest BCUT2D eigenvalue weighted by Crippen LogP contribution is -2.35. The van der Waals surface area contributed by atoms with Crippen LogP contribution in [0.4, 0.5) is 10.1 Å². The van der Waals surface area contributed by atoms with Crippen LogP contribution in [0, 0.1) is 5.82 Å². The van der Waals surface area contributed by atoms with E-state index < -0.39 is 0 Å². The maximum Gasteiger partial charge on any atom is 0.162 e. The van der Waals surface area contributed by atoms with Crippen LogP contribution in [0.15, 0.2) is 79.0 Å². The minimum atomic E-state index is -0.236. The number of para-hydroxylation sites is 1. The third-order valence-corrected chi connectivity index (χ3v) is 4.86. The molecule has 2 unspecified atom stereocenters. The molecule has 0 N–H and O–H groups in total. The molecular weight excluding hydrogens is 313 g/mol. The van der Waals surface area contributed by atoms with Crippen LogP contribution in [0.25, 0.3) is 6.08 Å². The molecule has 3 heteroatoms. The summed E-state index contributed by atoms with van der Waals surface area (Å²) in [5, 5.41) is 0. The van der Waals surface area contributed by atoms with Gasteiger partial charge in [0.05, 0.1) is 0 Å². The minimum absolute atomic E-state index is 0.189. The lowest BCUT2D eigenvalue weighted by molar-refractivity contribution is -0.000375. The normalized spacial score (nSPS) is 20.6. The Hall–Kier alpha value is -2.91. The number of benzene rings is 3. The van der Waals surface area contributed by atoms with Gasteiger partial charge in [-0.2, -0.15) is 0 Å². The predicted octanol–water partition coefficient (Wildman–Crippen LogP) is 5.43. The number of fused-ring (bicyclic) bond motifs is 5. The molecule has 3 aromatic carbocycles. The van der Waals surface area contributed by atoms with Crippen LogP contribution in [0.3, 0.4) is 0 Å². The first-order chi connectivity index (χ1) is 12.3. The van der Waals surface area contributed by atoms with Crippen LogP contribution in [0.2, 0.25) is 0 Å². The van der Waals surface area contributed by atoms with Crippen LogP contribution < -0.4 is 4.90 Å². The van der Waals surface area contributed by atoms with Crippen molar-refractivity contribution in [2.75, 3.05) is 4.90 Å². The molecular formula is C22H16FNO. The van der Waals surface area contributed by atoms with E-state index in [4.69, 9.17) is 4.74 Å². The highest BCUT2D eigenvalue weighted by Crippen LogP contribution is 2.47. The maximum atomic E-state index is 13.4. The quantitative estimate of drug-likeness (QED) is 0.590. The first-order valence-corrected chi connectivity index (χ1v) is 8.36. The van der Waals surface area contributed by atoms with E-state index in [2.05, 4.69) is 41.4 Å². The van der Waals surface area contributed by atoms with Gasteiger partial charge in [-0.1, -0.05) is 54.6 Å². The van der Waals surface area contributed by atoms with Crippen molar-refractivity contribution >= 4 is 11.8 Å². The summed E-state index contributed by atoms with van der Waals surface area (Å²) < 4.78 is 19.9. The first kappa shape index (κ1) is 14.4. The van der Waals surface area contributed by atoms with E-state index in [1.54, 1.807) is 12.1 Å². The Labute approximate surface area is 145 Å². The molecule has 25 heavy (non-hydrogen) atoms. The Kier molecular flexibility index (Phi) is 3.22. The molecule has 3 aromatic rings. The van der Waals surface area contributed by atoms with Gasteiger partial charge in [0, 0.05) is 23.0 Å². The molecule has 0 spiro atoms. The summed E-state index contributed by atoms with van der Waals surface area (Å²) in [6, 6.07) is 23.1. The maximum absolute atomic E-state index is 13.4. The standard InChI is InChI=1S/C22H16FNO/c23-17-11-9-16(10-12-17)21-19-7-3-4-8-20(19)24-14-13-15-5-1-2-6-18(15)22(24)25-21/h1-14,21-22H. The van der Waals surface area contributed by atoms with Crippen molar-refractivity contribution in [1.82, 2.24) is 0 Å². The van der Waals surface area contributed by atoms with Crippen molar-refractivity contribution < 1.29 is 9.13 Å². The fourth-order valence-corrected chi connectivity index (χ4v) is 3.66. The Morgan fingerprint density at radius 3 is 2.36 bits per heavy atom. The van der Waals surface area contributed by atoms with Crippen LogP contribution in [-0.2, 0) is 4.74 Å². The molecule has 0 aliphatic carbocycles. The Bertz CT molecular complexity index is 964. The summed E-state index contributed by atoms with van der Waals surface area (Å²) in [6.07, 6.45) is 3.78. The summed E-state index contributed by atoms with van der Waals surface area (Å²) in [4.78, 5) is 2.16. The summed E-state index contributed by atoms with van der Waals surface area (Å²) in [6.45, 7) is 0. The molecule has 0 saturated carbocycles. The van der Waals surface area contributed by atoms with Gasteiger partial charge in [-0.3, -0.25) is 0 Å². The molecule has 0 amide bonds. The van der Waals surface area contributed by atoms with E-state index in [1.165, 1.54) is 17.7 Å². The fraction of sp³-hybridized carbons (Fsp3) is 0.0909. The number of ether oxygens (including phenoxy) is 1. The van der Waals surface area contributed by atoms with Crippen molar-refractivity contribution in [2.24, 2.45) is 0 Å². The fourth-order valence-electron chi connectivity index (χ4n) is 3.66. The smallest absolute Gasteiger partial charge is 0.162 e. The van der Waals surface area contributed by atoms with Crippen LogP contribution in [0.1, 0.15) is 34.6 Å². The third-order valence-electron chi connectivity index (χ3n) is 4.86. The van der Waals surface area contributed by atoms with Gasteiger partial charge in [-0.25, -0.2) is 4.39 Å². The topological polar surface area (TPSA) is 12.5 Å². The summed E-state index contributed by atoms with van der Waals surface area (Å²) in [5.41, 5.74) is 5.49. The van der Waals surface area contributed by atoms with Crippen molar-refractivity contribution in [1.29, 1.82) is 0 Å². The highest BCUT2D eigenvalue weighted by molar-refractivity contribution is 5.69. The number of hydrogen-bond donors (Lipinski definition) is 0. The summed E-state index contributed by atoms with van der Waals surface area (Å²) >= 11 is 0. The van der Waals surface area contributed by atoms with Crippen LogP contribution >= 0.6 is 0 Å². The second-order valence-electron chi connectivity index (χ2n) is 6.33. The van der Waals surface area contributed by atoms with Crippen LogP contribution in [-0.4, -0.2) is 0 Å². The van der Waals surface area contributed by atoms with Crippen molar-refractivity contribution in [2.45, 2.75) is 12.3 Å².